The molecule has 0 unspecified atom stereocenters. The Morgan fingerprint density at radius 3 is 2.32 bits per heavy atom. The Morgan fingerprint density at radius 1 is 0.947 bits per heavy atom. The van der Waals surface area contributed by atoms with E-state index in [4.69, 9.17) is 0 Å². The molecule has 19 heavy (non-hydrogen) atoms. The van der Waals surface area contributed by atoms with Crippen LogP contribution < -0.4 is 0 Å². The van der Waals surface area contributed by atoms with Crippen LogP contribution in [0.1, 0.15) is 10.7 Å². The molecule has 0 radical (unpaired) electrons. The molecule has 3 aromatic rings. The maximum Gasteiger partial charge on any atom is 0.0904 e. The first-order valence-corrected chi connectivity index (χ1v) is 6.86. The average molecular weight is 267 g/mol. The summed E-state index contributed by atoms with van der Waals surface area (Å²) in [5, 5.41) is 1.08. The molecule has 0 spiro atoms. The molecular weight excluding hydrogens is 254 g/mol. The predicted molar refractivity (Wildman–Crippen MR) is 78.1 cm³/mol. The molecule has 3 aromatic heterocycles. The summed E-state index contributed by atoms with van der Waals surface area (Å²) in [5.74, 6) is 0. The van der Waals surface area contributed by atoms with Crippen molar-refractivity contribution in [3.63, 3.8) is 0 Å². The van der Waals surface area contributed by atoms with Gasteiger partial charge in [0, 0.05) is 24.2 Å². The fourth-order valence-corrected chi connectivity index (χ4v) is 2.91. The van der Waals surface area contributed by atoms with Crippen molar-refractivity contribution in [2.24, 2.45) is 0 Å². The number of aryl methyl sites for hydroxylation is 2. The fraction of sp³-hybridized carbons (Fsp3) is 0.133. The van der Waals surface area contributed by atoms with Crippen LogP contribution in [0, 0.1) is 13.8 Å². The molecule has 3 rings (SSSR count). The second-order valence-corrected chi connectivity index (χ2v) is 5.52. The van der Waals surface area contributed by atoms with Crippen molar-refractivity contribution in [3.05, 3.63) is 53.6 Å². The molecule has 94 valence electrons. The van der Waals surface area contributed by atoms with Crippen LogP contribution in [0.2, 0.25) is 0 Å². The lowest BCUT2D eigenvalue weighted by molar-refractivity contribution is 1.19. The number of rotatable bonds is 2. The minimum absolute atomic E-state index is 0.987. The highest BCUT2D eigenvalue weighted by atomic mass is 32.1. The van der Waals surface area contributed by atoms with Gasteiger partial charge >= 0.3 is 0 Å². The van der Waals surface area contributed by atoms with Crippen molar-refractivity contribution in [1.82, 2.24) is 15.0 Å². The highest BCUT2D eigenvalue weighted by Crippen LogP contribution is 2.29. The topological polar surface area (TPSA) is 38.7 Å². The molecule has 0 aromatic carbocycles. The quantitative estimate of drug-likeness (QED) is 0.707. The van der Waals surface area contributed by atoms with E-state index in [0.717, 1.165) is 32.4 Å². The smallest absolute Gasteiger partial charge is 0.0904 e. The third-order valence-electron chi connectivity index (χ3n) is 2.91. The van der Waals surface area contributed by atoms with Gasteiger partial charge in [0.15, 0.2) is 0 Å². The van der Waals surface area contributed by atoms with Crippen molar-refractivity contribution in [3.8, 4) is 21.7 Å². The summed E-state index contributed by atoms with van der Waals surface area (Å²) in [4.78, 5) is 14.2. The van der Waals surface area contributed by atoms with Crippen LogP contribution in [-0.2, 0) is 0 Å². The van der Waals surface area contributed by atoms with E-state index in [9.17, 15) is 0 Å². The normalized spacial score (nSPS) is 10.6. The summed E-state index contributed by atoms with van der Waals surface area (Å²) >= 11 is 1.69. The van der Waals surface area contributed by atoms with Gasteiger partial charge in [-0.1, -0.05) is 6.07 Å². The van der Waals surface area contributed by atoms with Crippen LogP contribution in [0.15, 0.2) is 42.9 Å². The average Bonchev–Trinajstić information content (AvgIpc) is 2.79. The molecule has 0 N–H and O–H groups in total. The lowest BCUT2D eigenvalue weighted by Gasteiger charge is -2.02. The van der Waals surface area contributed by atoms with Gasteiger partial charge in [-0.05, 0) is 37.6 Å². The SMILES string of the molecule is Cc1nc(C)c(-c2ccc(-c3ccncc3)cn2)s1. The van der Waals surface area contributed by atoms with E-state index in [0.29, 0.717) is 0 Å². The van der Waals surface area contributed by atoms with Crippen molar-refractivity contribution >= 4 is 11.3 Å². The van der Waals surface area contributed by atoms with E-state index in [2.05, 4.69) is 27.1 Å². The van der Waals surface area contributed by atoms with Gasteiger partial charge in [0.25, 0.3) is 0 Å². The van der Waals surface area contributed by atoms with Gasteiger partial charge < -0.3 is 0 Å². The first-order chi connectivity index (χ1) is 9.24. The molecule has 0 amide bonds. The van der Waals surface area contributed by atoms with Crippen LogP contribution in [0.25, 0.3) is 21.7 Å². The molecule has 3 nitrogen and oxygen atoms in total. The number of nitrogens with zero attached hydrogens (tertiary/aromatic N) is 3. The Morgan fingerprint density at radius 2 is 1.74 bits per heavy atom. The summed E-state index contributed by atoms with van der Waals surface area (Å²) in [6.07, 6.45) is 5.49. The highest BCUT2D eigenvalue weighted by Gasteiger charge is 2.08. The Kier molecular flexibility index (Phi) is 3.09. The van der Waals surface area contributed by atoms with E-state index >= 15 is 0 Å². The Hall–Kier alpha value is -2.07. The minimum atomic E-state index is 0.987. The Labute approximate surface area is 116 Å². The number of pyridine rings is 2. The maximum atomic E-state index is 4.55. The standard InChI is InChI=1S/C15H13N3S/c1-10-15(19-11(2)18-10)14-4-3-13(9-17-14)12-5-7-16-8-6-12/h3-9H,1-2H3. The Balaban J connectivity index is 1.98. The van der Waals surface area contributed by atoms with Crippen molar-refractivity contribution in [1.29, 1.82) is 0 Å². The second-order valence-electron chi connectivity index (χ2n) is 4.32. The minimum Gasteiger partial charge on any atom is -0.265 e. The molecule has 0 fully saturated rings. The summed E-state index contributed by atoms with van der Waals surface area (Å²) in [7, 11) is 0. The lowest BCUT2D eigenvalue weighted by Crippen LogP contribution is -1.85. The fourth-order valence-electron chi connectivity index (χ4n) is 2.01. The van der Waals surface area contributed by atoms with Crippen molar-refractivity contribution in [2.75, 3.05) is 0 Å². The molecule has 0 aliphatic heterocycles. The van der Waals surface area contributed by atoms with Gasteiger partial charge in [-0.2, -0.15) is 0 Å². The largest absolute Gasteiger partial charge is 0.265 e. The number of hydrogen-bond donors (Lipinski definition) is 0. The molecule has 0 bridgehead atoms. The molecule has 0 atom stereocenters. The van der Waals surface area contributed by atoms with E-state index in [1.54, 1.807) is 23.7 Å². The van der Waals surface area contributed by atoms with Crippen LogP contribution >= 0.6 is 11.3 Å². The third-order valence-corrected chi connectivity index (χ3v) is 4.01. The molecule has 0 saturated heterocycles. The van der Waals surface area contributed by atoms with Crippen LogP contribution in [0.5, 0.6) is 0 Å². The van der Waals surface area contributed by atoms with Gasteiger partial charge in [-0.15, -0.1) is 11.3 Å². The van der Waals surface area contributed by atoms with E-state index in [-0.39, 0.29) is 0 Å². The number of thiazole rings is 1. The maximum absolute atomic E-state index is 4.55. The first-order valence-electron chi connectivity index (χ1n) is 6.05. The zero-order valence-corrected chi connectivity index (χ0v) is 11.6. The summed E-state index contributed by atoms with van der Waals surface area (Å²) in [6.45, 7) is 4.05. The molecule has 0 saturated carbocycles. The molecule has 0 aliphatic rings. The summed E-state index contributed by atoms with van der Waals surface area (Å²) in [6, 6.07) is 8.11. The molecule has 3 heterocycles. The van der Waals surface area contributed by atoms with Crippen LogP contribution in [0.3, 0.4) is 0 Å². The lowest BCUT2D eigenvalue weighted by atomic mass is 10.1. The number of hydrogen-bond acceptors (Lipinski definition) is 4. The summed E-state index contributed by atoms with van der Waals surface area (Å²) in [5.41, 5.74) is 4.27. The summed E-state index contributed by atoms with van der Waals surface area (Å²) < 4.78 is 0. The molecule has 4 heteroatoms. The highest BCUT2D eigenvalue weighted by molar-refractivity contribution is 7.15. The van der Waals surface area contributed by atoms with Crippen molar-refractivity contribution in [2.45, 2.75) is 13.8 Å². The van der Waals surface area contributed by atoms with E-state index in [1.165, 1.54) is 0 Å². The van der Waals surface area contributed by atoms with Crippen LogP contribution in [0.4, 0.5) is 0 Å². The first kappa shape index (κ1) is 12.0. The van der Waals surface area contributed by atoms with Gasteiger partial charge in [0.1, 0.15) is 0 Å². The zero-order valence-electron chi connectivity index (χ0n) is 10.8. The van der Waals surface area contributed by atoms with Gasteiger partial charge in [-0.25, -0.2) is 4.98 Å². The van der Waals surface area contributed by atoms with Gasteiger partial charge in [0.05, 0.1) is 21.3 Å². The number of aromatic nitrogens is 3. The van der Waals surface area contributed by atoms with Crippen LogP contribution in [-0.4, -0.2) is 15.0 Å². The monoisotopic (exact) mass is 267 g/mol. The van der Waals surface area contributed by atoms with E-state index in [1.807, 2.05) is 32.2 Å². The van der Waals surface area contributed by atoms with Gasteiger partial charge in [0.2, 0.25) is 0 Å². The van der Waals surface area contributed by atoms with E-state index < -0.39 is 0 Å². The van der Waals surface area contributed by atoms with Gasteiger partial charge in [-0.3, -0.25) is 9.97 Å². The molecule has 0 aliphatic carbocycles. The molecular formula is C15H13N3S. The second kappa shape index (κ2) is 4.90. The zero-order chi connectivity index (χ0) is 13.2. The van der Waals surface area contributed by atoms with Crippen molar-refractivity contribution < 1.29 is 0 Å². The Bertz CT molecular complexity index is 687. The predicted octanol–water partition coefficient (Wildman–Crippen LogP) is 3.88. The third kappa shape index (κ3) is 2.39.